The second-order valence-corrected chi connectivity index (χ2v) is 3.84. The van der Waals surface area contributed by atoms with E-state index in [2.05, 4.69) is 4.98 Å². The fourth-order valence-corrected chi connectivity index (χ4v) is 1.46. The summed E-state index contributed by atoms with van der Waals surface area (Å²) in [6.45, 7) is 2.00. The van der Waals surface area contributed by atoms with Crippen LogP contribution in [0.1, 0.15) is 21.5 Å². The largest absolute Gasteiger partial charge is 0.289 e. The number of carbonyl (C=O) groups is 1. The van der Waals surface area contributed by atoms with Crippen LogP contribution in [0.15, 0.2) is 54.9 Å². The smallest absolute Gasteiger partial charge is 0.185 e. The maximum atomic E-state index is 11.8. The molecule has 0 fully saturated rings. The summed E-state index contributed by atoms with van der Waals surface area (Å²) in [6, 6.07) is 11.3. The number of aromatic nitrogens is 1. The molecular weight excluding hydrogens is 210 g/mol. The molecule has 2 nitrogen and oxygen atoms in total. The Hall–Kier alpha value is -2.22. The van der Waals surface area contributed by atoms with Gasteiger partial charge in [-0.15, -0.1) is 0 Å². The fourth-order valence-electron chi connectivity index (χ4n) is 1.46. The van der Waals surface area contributed by atoms with E-state index >= 15 is 0 Å². The molecule has 0 spiro atoms. The Morgan fingerprint density at radius 2 is 1.71 bits per heavy atom. The van der Waals surface area contributed by atoms with E-state index in [1.807, 2.05) is 43.3 Å². The van der Waals surface area contributed by atoms with Gasteiger partial charge in [-0.3, -0.25) is 9.78 Å². The third-order valence-corrected chi connectivity index (χ3v) is 2.47. The Bertz CT molecular complexity index is 527. The van der Waals surface area contributed by atoms with Gasteiger partial charge in [-0.2, -0.15) is 0 Å². The lowest BCUT2D eigenvalue weighted by Gasteiger charge is -1.96. The van der Waals surface area contributed by atoms with Crippen LogP contribution >= 0.6 is 0 Å². The summed E-state index contributed by atoms with van der Waals surface area (Å²) >= 11 is 0. The highest BCUT2D eigenvalue weighted by molar-refractivity contribution is 6.06. The lowest BCUT2D eigenvalue weighted by atomic mass is 10.1. The SMILES string of the molecule is Cc1ccc(C(=O)/C=C\c2ccncc2)cc1. The van der Waals surface area contributed by atoms with Crippen molar-refractivity contribution < 1.29 is 4.79 Å². The quantitative estimate of drug-likeness (QED) is 0.590. The van der Waals surface area contributed by atoms with Crippen molar-refractivity contribution in [3.8, 4) is 0 Å². The van der Waals surface area contributed by atoms with Crippen LogP contribution in [0.5, 0.6) is 0 Å². The second kappa shape index (κ2) is 5.21. The van der Waals surface area contributed by atoms with E-state index in [9.17, 15) is 4.79 Å². The molecule has 0 radical (unpaired) electrons. The molecule has 1 aromatic carbocycles. The molecule has 1 aromatic heterocycles. The first-order chi connectivity index (χ1) is 8.25. The minimum Gasteiger partial charge on any atom is -0.289 e. The second-order valence-electron chi connectivity index (χ2n) is 3.84. The number of hydrogen-bond donors (Lipinski definition) is 0. The van der Waals surface area contributed by atoms with Gasteiger partial charge in [0.1, 0.15) is 0 Å². The molecule has 2 heteroatoms. The van der Waals surface area contributed by atoms with E-state index in [1.54, 1.807) is 24.5 Å². The van der Waals surface area contributed by atoms with Crippen LogP contribution in [-0.2, 0) is 0 Å². The van der Waals surface area contributed by atoms with Crippen LogP contribution in [0.3, 0.4) is 0 Å². The maximum Gasteiger partial charge on any atom is 0.185 e. The zero-order valence-electron chi connectivity index (χ0n) is 9.63. The van der Waals surface area contributed by atoms with Gasteiger partial charge < -0.3 is 0 Å². The fraction of sp³-hybridized carbons (Fsp3) is 0.0667. The Balaban J connectivity index is 2.12. The van der Waals surface area contributed by atoms with Gasteiger partial charge in [0, 0.05) is 18.0 Å². The summed E-state index contributed by atoms with van der Waals surface area (Å²) in [7, 11) is 0. The summed E-state index contributed by atoms with van der Waals surface area (Å²) < 4.78 is 0. The number of allylic oxidation sites excluding steroid dienone is 1. The topological polar surface area (TPSA) is 30.0 Å². The highest BCUT2D eigenvalue weighted by Crippen LogP contribution is 2.06. The van der Waals surface area contributed by atoms with Crippen molar-refractivity contribution in [1.29, 1.82) is 0 Å². The molecule has 2 rings (SSSR count). The number of nitrogens with zero attached hydrogens (tertiary/aromatic N) is 1. The first-order valence-electron chi connectivity index (χ1n) is 5.45. The van der Waals surface area contributed by atoms with Gasteiger partial charge in [0.15, 0.2) is 5.78 Å². The standard InChI is InChI=1S/C15H13NO/c1-12-2-5-14(6-3-12)15(17)7-4-13-8-10-16-11-9-13/h2-11H,1H3/b7-4-. The number of carbonyl (C=O) groups excluding carboxylic acids is 1. The van der Waals surface area contributed by atoms with Crippen molar-refractivity contribution in [3.05, 3.63) is 71.6 Å². The number of ketones is 1. The molecule has 0 amide bonds. The first kappa shape index (κ1) is 11.3. The molecule has 0 bridgehead atoms. The van der Waals surface area contributed by atoms with Crippen molar-refractivity contribution in [3.63, 3.8) is 0 Å². The summed E-state index contributed by atoms with van der Waals surface area (Å²) in [5, 5.41) is 0. The lowest BCUT2D eigenvalue weighted by Crippen LogP contribution is -1.93. The number of benzene rings is 1. The van der Waals surface area contributed by atoms with E-state index in [0.717, 1.165) is 11.1 Å². The van der Waals surface area contributed by atoms with E-state index in [4.69, 9.17) is 0 Å². The zero-order valence-corrected chi connectivity index (χ0v) is 9.63. The van der Waals surface area contributed by atoms with E-state index < -0.39 is 0 Å². The maximum absolute atomic E-state index is 11.8. The van der Waals surface area contributed by atoms with Crippen molar-refractivity contribution in [2.24, 2.45) is 0 Å². The van der Waals surface area contributed by atoms with Crippen LogP contribution in [0, 0.1) is 6.92 Å². The van der Waals surface area contributed by atoms with E-state index in [0.29, 0.717) is 5.56 Å². The number of pyridine rings is 1. The number of aryl methyl sites for hydroxylation is 1. The average Bonchev–Trinajstić information content (AvgIpc) is 2.38. The van der Waals surface area contributed by atoms with Crippen LogP contribution in [0.25, 0.3) is 6.08 Å². The molecule has 0 saturated carbocycles. The summed E-state index contributed by atoms with van der Waals surface area (Å²) in [5.74, 6) is 0.0156. The van der Waals surface area contributed by atoms with Crippen molar-refractivity contribution in [2.45, 2.75) is 6.92 Å². The lowest BCUT2D eigenvalue weighted by molar-refractivity contribution is 0.104. The Morgan fingerprint density at radius 3 is 2.35 bits per heavy atom. The third kappa shape index (κ3) is 3.11. The molecule has 17 heavy (non-hydrogen) atoms. The summed E-state index contributed by atoms with van der Waals surface area (Å²) in [4.78, 5) is 15.7. The number of hydrogen-bond acceptors (Lipinski definition) is 2. The Morgan fingerprint density at radius 1 is 1.06 bits per heavy atom. The molecule has 0 aliphatic rings. The monoisotopic (exact) mass is 223 g/mol. The predicted octanol–water partition coefficient (Wildman–Crippen LogP) is 3.29. The number of rotatable bonds is 3. The van der Waals surface area contributed by atoms with Gasteiger partial charge in [-0.25, -0.2) is 0 Å². The molecule has 2 aromatic rings. The minimum absolute atomic E-state index is 0.0156. The Kier molecular flexibility index (Phi) is 3.46. The van der Waals surface area contributed by atoms with E-state index in [-0.39, 0.29) is 5.78 Å². The highest BCUT2D eigenvalue weighted by atomic mass is 16.1. The molecule has 1 heterocycles. The third-order valence-electron chi connectivity index (χ3n) is 2.47. The van der Waals surface area contributed by atoms with E-state index in [1.165, 1.54) is 0 Å². The molecule has 0 aliphatic carbocycles. The zero-order chi connectivity index (χ0) is 12.1. The van der Waals surface area contributed by atoms with Crippen LogP contribution in [0.2, 0.25) is 0 Å². The van der Waals surface area contributed by atoms with Gasteiger partial charge in [-0.05, 0) is 30.7 Å². The molecule has 84 valence electrons. The van der Waals surface area contributed by atoms with Gasteiger partial charge in [0.25, 0.3) is 0 Å². The van der Waals surface area contributed by atoms with Crippen LogP contribution in [0.4, 0.5) is 0 Å². The van der Waals surface area contributed by atoms with Gasteiger partial charge >= 0.3 is 0 Å². The average molecular weight is 223 g/mol. The molecular formula is C15H13NO. The van der Waals surface area contributed by atoms with Crippen LogP contribution < -0.4 is 0 Å². The van der Waals surface area contributed by atoms with Gasteiger partial charge in [0.2, 0.25) is 0 Å². The summed E-state index contributed by atoms with van der Waals surface area (Å²) in [5.41, 5.74) is 2.83. The molecule has 0 aliphatic heterocycles. The molecule has 0 atom stereocenters. The van der Waals surface area contributed by atoms with Crippen molar-refractivity contribution in [1.82, 2.24) is 4.98 Å². The molecule has 0 unspecified atom stereocenters. The molecule has 0 saturated heterocycles. The van der Waals surface area contributed by atoms with Crippen LogP contribution in [-0.4, -0.2) is 10.8 Å². The predicted molar refractivity (Wildman–Crippen MR) is 68.8 cm³/mol. The molecule has 0 N–H and O–H groups in total. The van der Waals surface area contributed by atoms with Crippen molar-refractivity contribution in [2.75, 3.05) is 0 Å². The van der Waals surface area contributed by atoms with Crippen molar-refractivity contribution >= 4 is 11.9 Å². The highest BCUT2D eigenvalue weighted by Gasteiger charge is 2.00. The van der Waals surface area contributed by atoms with Gasteiger partial charge in [0.05, 0.1) is 0 Å². The van der Waals surface area contributed by atoms with Gasteiger partial charge in [-0.1, -0.05) is 35.9 Å². The summed E-state index contributed by atoms with van der Waals surface area (Å²) in [6.07, 6.45) is 6.79. The minimum atomic E-state index is 0.0156. The Labute approximate surface area is 101 Å². The first-order valence-corrected chi connectivity index (χ1v) is 5.45. The normalized spacial score (nSPS) is 10.6.